The number of carbonyl (C=O) groups excluding carboxylic acids is 1. The number of para-hydroxylation sites is 1. The molecule has 1 atom stereocenters. The van der Waals surface area contributed by atoms with Crippen LogP contribution >= 0.6 is 0 Å². The summed E-state index contributed by atoms with van der Waals surface area (Å²) in [6.07, 6.45) is 3.86. The van der Waals surface area contributed by atoms with Gasteiger partial charge in [0.1, 0.15) is 5.52 Å². The Bertz CT molecular complexity index is 566. The number of hydrogen-bond acceptors (Lipinski definition) is 4. The highest BCUT2D eigenvalue weighted by Gasteiger charge is 2.12. The molecule has 2 rings (SSSR count). The third-order valence-electron chi connectivity index (χ3n) is 2.98. The van der Waals surface area contributed by atoms with E-state index in [1.807, 2.05) is 13.0 Å². The van der Waals surface area contributed by atoms with Gasteiger partial charge >= 0.3 is 0 Å². The fraction of sp³-hybridized carbons (Fsp3) is 0.357. The topological polar surface area (TPSA) is 75.1 Å². The Morgan fingerprint density at radius 2 is 2.16 bits per heavy atom. The van der Waals surface area contributed by atoms with Gasteiger partial charge in [0.2, 0.25) is 0 Å². The van der Waals surface area contributed by atoms with E-state index < -0.39 is 0 Å². The molecule has 0 saturated heterocycles. The van der Waals surface area contributed by atoms with Crippen LogP contribution in [0.15, 0.2) is 30.6 Å². The minimum absolute atomic E-state index is 0.136. The molecular formula is C14H17N3O2. The van der Waals surface area contributed by atoms with E-state index in [-0.39, 0.29) is 18.4 Å². The second kappa shape index (κ2) is 6.24. The summed E-state index contributed by atoms with van der Waals surface area (Å²) in [5.41, 5.74) is 1.85. The molecule has 0 spiro atoms. The molecule has 5 nitrogen and oxygen atoms in total. The molecular weight excluding hydrogens is 242 g/mol. The van der Waals surface area contributed by atoms with Crippen molar-refractivity contribution in [1.29, 1.82) is 0 Å². The van der Waals surface area contributed by atoms with Crippen molar-refractivity contribution in [3.63, 3.8) is 0 Å². The summed E-state index contributed by atoms with van der Waals surface area (Å²) >= 11 is 0. The van der Waals surface area contributed by atoms with Gasteiger partial charge in [0.25, 0.3) is 5.91 Å². The van der Waals surface area contributed by atoms with Gasteiger partial charge in [-0.15, -0.1) is 0 Å². The van der Waals surface area contributed by atoms with Crippen LogP contribution in [0.25, 0.3) is 11.0 Å². The smallest absolute Gasteiger partial charge is 0.253 e. The molecule has 0 radical (unpaired) electrons. The fourth-order valence-corrected chi connectivity index (χ4v) is 1.86. The van der Waals surface area contributed by atoms with Gasteiger partial charge in [0.05, 0.1) is 11.1 Å². The predicted octanol–water partition coefficient (Wildman–Crippen LogP) is 1.38. The summed E-state index contributed by atoms with van der Waals surface area (Å²) in [7, 11) is 0. The van der Waals surface area contributed by atoms with Crippen LogP contribution in [0.2, 0.25) is 0 Å². The number of fused-ring (bicyclic) bond motifs is 1. The van der Waals surface area contributed by atoms with E-state index in [4.69, 9.17) is 5.11 Å². The Morgan fingerprint density at radius 1 is 1.37 bits per heavy atom. The van der Waals surface area contributed by atoms with Crippen molar-refractivity contribution in [3.05, 3.63) is 36.2 Å². The minimum atomic E-state index is -0.157. The molecule has 2 aromatic rings. The zero-order valence-electron chi connectivity index (χ0n) is 10.8. The molecule has 5 heteroatoms. The molecule has 1 heterocycles. The highest BCUT2D eigenvalue weighted by molar-refractivity contribution is 6.04. The van der Waals surface area contributed by atoms with E-state index >= 15 is 0 Å². The Labute approximate surface area is 111 Å². The van der Waals surface area contributed by atoms with Crippen molar-refractivity contribution in [2.45, 2.75) is 13.3 Å². The molecule has 2 N–H and O–H groups in total. The lowest BCUT2D eigenvalue weighted by molar-refractivity contribution is 0.0947. The highest BCUT2D eigenvalue weighted by atomic mass is 16.3. The SMILES string of the molecule is CC(CCO)CNC(=O)c1cccc2nccnc12. The van der Waals surface area contributed by atoms with Crippen LogP contribution in [-0.4, -0.2) is 34.1 Å². The van der Waals surface area contributed by atoms with E-state index in [1.165, 1.54) is 0 Å². The summed E-state index contributed by atoms with van der Waals surface area (Å²) in [5, 5.41) is 11.7. The highest BCUT2D eigenvalue weighted by Crippen LogP contribution is 2.13. The largest absolute Gasteiger partial charge is 0.396 e. The maximum atomic E-state index is 12.1. The molecule has 0 aliphatic carbocycles. The third kappa shape index (κ3) is 3.26. The molecule has 1 unspecified atom stereocenters. The number of aromatic nitrogens is 2. The minimum Gasteiger partial charge on any atom is -0.396 e. The van der Waals surface area contributed by atoms with Crippen LogP contribution in [0.4, 0.5) is 0 Å². The number of nitrogens with one attached hydrogen (secondary N) is 1. The van der Waals surface area contributed by atoms with Crippen LogP contribution in [0.5, 0.6) is 0 Å². The van der Waals surface area contributed by atoms with E-state index in [0.717, 1.165) is 0 Å². The van der Waals surface area contributed by atoms with E-state index in [1.54, 1.807) is 24.5 Å². The zero-order chi connectivity index (χ0) is 13.7. The molecule has 0 saturated carbocycles. The molecule has 19 heavy (non-hydrogen) atoms. The van der Waals surface area contributed by atoms with E-state index in [2.05, 4.69) is 15.3 Å². The zero-order valence-corrected chi connectivity index (χ0v) is 10.8. The molecule has 0 bridgehead atoms. The van der Waals surface area contributed by atoms with Crippen LogP contribution < -0.4 is 5.32 Å². The summed E-state index contributed by atoms with van der Waals surface area (Å²) < 4.78 is 0. The first-order chi connectivity index (χ1) is 9.22. The van der Waals surface area contributed by atoms with E-state index in [0.29, 0.717) is 29.6 Å². The number of aliphatic hydroxyl groups is 1. The van der Waals surface area contributed by atoms with Gasteiger partial charge in [-0.1, -0.05) is 13.0 Å². The fourth-order valence-electron chi connectivity index (χ4n) is 1.86. The lowest BCUT2D eigenvalue weighted by Gasteiger charge is -2.11. The standard InChI is InChI=1S/C14H17N3O2/c1-10(5-8-18)9-17-14(19)11-3-2-4-12-13(11)16-7-6-15-12/h2-4,6-7,10,18H,5,8-9H2,1H3,(H,17,19). The molecule has 0 aliphatic rings. The van der Waals surface area contributed by atoms with Gasteiger partial charge in [-0.3, -0.25) is 14.8 Å². The molecule has 1 amide bonds. The van der Waals surface area contributed by atoms with Crippen molar-refractivity contribution in [1.82, 2.24) is 15.3 Å². The van der Waals surface area contributed by atoms with Crippen LogP contribution in [0, 0.1) is 5.92 Å². The number of nitrogens with zero attached hydrogens (tertiary/aromatic N) is 2. The molecule has 0 fully saturated rings. The second-order valence-corrected chi connectivity index (χ2v) is 4.56. The first kappa shape index (κ1) is 13.4. The summed E-state index contributed by atoms with van der Waals surface area (Å²) in [4.78, 5) is 20.5. The summed E-state index contributed by atoms with van der Waals surface area (Å²) in [5.74, 6) is 0.0888. The van der Waals surface area contributed by atoms with Crippen LogP contribution in [0.1, 0.15) is 23.7 Å². The number of aliphatic hydroxyl groups excluding tert-OH is 1. The Hall–Kier alpha value is -2.01. The lowest BCUT2D eigenvalue weighted by atomic mass is 10.1. The van der Waals surface area contributed by atoms with Gasteiger partial charge in [-0.2, -0.15) is 0 Å². The monoisotopic (exact) mass is 259 g/mol. The quantitative estimate of drug-likeness (QED) is 0.850. The van der Waals surface area contributed by atoms with Crippen LogP contribution in [0.3, 0.4) is 0 Å². The summed E-state index contributed by atoms with van der Waals surface area (Å²) in [6, 6.07) is 5.36. The van der Waals surface area contributed by atoms with Crippen molar-refractivity contribution >= 4 is 16.9 Å². The number of benzene rings is 1. The maximum Gasteiger partial charge on any atom is 0.253 e. The predicted molar refractivity (Wildman–Crippen MR) is 72.7 cm³/mol. The Balaban J connectivity index is 2.13. The Kier molecular flexibility index (Phi) is 4.41. The molecule has 1 aromatic heterocycles. The third-order valence-corrected chi connectivity index (χ3v) is 2.98. The molecule has 1 aromatic carbocycles. The average molecular weight is 259 g/mol. The second-order valence-electron chi connectivity index (χ2n) is 4.56. The first-order valence-corrected chi connectivity index (χ1v) is 6.31. The van der Waals surface area contributed by atoms with Gasteiger partial charge in [0, 0.05) is 25.5 Å². The maximum absolute atomic E-state index is 12.1. The molecule has 100 valence electrons. The number of carbonyl (C=O) groups is 1. The lowest BCUT2D eigenvalue weighted by Crippen LogP contribution is -2.28. The van der Waals surface area contributed by atoms with Crippen LogP contribution in [-0.2, 0) is 0 Å². The normalized spacial score (nSPS) is 12.3. The van der Waals surface area contributed by atoms with Gasteiger partial charge in [-0.05, 0) is 24.5 Å². The number of amides is 1. The van der Waals surface area contributed by atoms with Crippen molar-refractivity contribution in [3.8, 4) is 0 Å². The van der Waals surface area contributed by atoms with Gasteiger partial charge < -0.3 is 10.4 Å². The van der Waals surface area contributed by atoms with Gasteiger partial charge in [-0.25, -0.2) is 0 Å². The number of hydrogen-bond donors (Lipinski definition) is 2. The number of rotatable bonds is 5. The molecule has 0 aliphatic heterocycles. The first-order valence-electron chi connectivity index (χ1n) is 6.31. The van der Waals surface area contributed by atoms with Crippen molar-refractivity contribution in [2.75, 3.05) is 13.2 Å². The summed E-state index contributed by atoms with van der Waals surface area (Å²) in [6.45, 7) is 2.66. The van der Waals surface area contributed by atoms with Crippen molar-refractivity contribution < 1.29 is 9.90 Å². The van der Waals surface area contributed by atoms with Gasteiger partial charge in [0.15, 0.2) is 0 Å². The van der Waals surface area contributed by atoms with E-state index in [9.17, 15) is 4.79 Å². The van der Waals surface area contributed by atoms with Crippen molar-refractivity contribution in [2.24, 2.45) is 5.92 Å². The average Bonchev–Trinajstić information content (AvgIpc) is 2.44. The Morgan fingerprint density at radius 3 is 2.95 bits per heavy atom.